The van der Waals surface area contributed by atoms with Gasteiger partial charge in [0.25, 0.3) is 11.8 Å². The Bertz CT molecular complexity index is 1340. The third kappa shape index (κ3) is 5.64. The predicted molar refractivity (Wildman–Crippen MR) is 128 cm³/mol. The van der Waals surface area contributed by atoms with E-state index >= 15 is 0 Å². The van der Waals surface area contributed by atoms with Gasteiger partial charge in [0.05, 0.1) is 12.8 Å². The van der Waals surface area contributed by atoms with Crippen LogP contribution in [0.2, 0.25) is 0 Å². The number of fused-ring (bicyclic) bond motifs is 1. The summed E-state index contributed by atoms with van der Waals surface area (Å²) in [5, 5.41) is 14.8. The summed E-state index contributed by atoms with van der Waals surface area (Å²) in [4.78, 5) is 40.4. The molecule has 1 aliphatic rings. The van der Waals surface area contributed by atoms with Gasteiger partial charge in [-0.2, -0.15) is 0 Å². The topological polar surface area (TPSA) is 117 Å². The molecule has 3 aromatic rings. The van der Waals surface area contributed by atoms with Crippen LogP contribution in [0.4, 0.5) is 8.78 Å². The normalized spacial score (nSPS) is 13.1. The van der Waals surface area contributed by atoms with E-state index in [-0.39, 0.29) is 31.0 Å². The van der Waals surface area contributed by atoms with Crippen LogP contribution in [0.5, 0.6) is 5.75 Å². The maximum absolute atomic E-state index is 14.0. The molecule has 0 spiro atoms. The van der Waals surface area contributed by atoms with E-state index in [0.29, 0.717) is 38.0 Å². The quantitative estimate of drug-likeness (QED) is 0.397. The lowest BCUT2D eigenvalue weighted by atomic mass is 10.1. The molecule has 0 atom stereocenters. The highest BCUT2D eigenvalue weighted by atomic mass is 19.1. The van der Waals surface area contributed by atoms with Crippen molar-refractivity contribution in [2.75, 3.05) is 31.4 Å². The molecule has 0 saturated heterocycles. The van der Waals surface area contributed by atoms with Crippen molar-refractivity contribution in [2.24, 2.45) is 0 Å². The molecule has 12 heteroatoms. The number of hydrogen-bond acceptors (Lipinski definition) is 7. The van der Waals surface area contributed by atoms with Gasteiger partial charge in [-0.25, -0.2) is 8.78 Å². The smallest absolute Gasteiger partial charge is 0.277 e. The van der Waals surface area contributed by atoms with Gasteiger partial charge < -0.3 is 24.5 Å². The average molecular weight is 517 g/mol. The van der Waals surface area contributed by atoms with E-state index in [9.17, 15) is 28.3 Å². The number of amides is 2. The van der Waals surface area contributed by atoms with Gasteiger partial charge >= 0.3 is 0 Å². The zero-order valence-electron chi connectivity index (χ0n) is 20.1. The number of aromatic hydroxyl groups is 1. The monoisotopic (exact) mass is 516 g/mol. The largest absolute Gasteiger partial charge is 0.502 e. The molecule has 37 heavy (non-hydrogen) atoms. The van der Waals surface area contributed by atoms with E-state index in [1.165, 1.54) is 21.9 Å². The van der Waals surface area contributed by atoms with Crippen molar-refractivity contribution in [3.8, 4) is 5.75 Å². The first kappa shape index (κ1) is 25.9. The Hall–Kier alpha value is -4.19. The summed E-state index contributed by atoms with van der Waals surface area (Å²) < 4.78 is 39.1. The van der Waals surface area contributed by atoms with Gasteiger partial charge in [-0.15, -0.1) is 0 Å². The number of carbonyl (C=O) groups is 2. The fourth-order valence-corrected chi connectivity index (χ4v) is 3.97. The fraction of sp³-hybridized carbons (Fsp3) is 0.320. The fourth-order valence-electron chi connectivity index (χ4n) is 3.97. The molecule has 0 aliphatic carbocycles. The van der Waals surface area contributed by atoms with Crippen molar-refractivity contribution < 1.29 is 32.6 Å². The van der Waals surface area contributed by atoms with Crippen LogP contribution in [0.1, 0.15) is 45.5 Å². The zero-order valence-corrected chi connectivity index (χ0v) is 20.1. The molecular weight excluding hydrogens is 490 g/mol. The maximum atomic E-state index is 14.0. The van der Waals surface area contributed by atoms with Gasteiger partial charge in [-0.3, -0.25) is 24.1 Å². The van der Waals surface area contributed by atoms with Crippen LogP contribution < -0.4 is 15.8 Å². The Morgan fingerprint density at radius 3 is 2.76 bits per heavy atom. The summed E-state index contributed by atoms with van der Waals surface area (Å²) in [7, 11) is 0. The van der Waals surface area contributed by atoms with Gasteiger partial charge in [0.1, 0.15) is 29.6 Å². The minimum absolute atomic E-state index is 0.00866. The first-order chi connectivity index (χ1) is 17.8. The highest BCUT2D eigenvalue weighted by molar-refractivity contribution is 5.99. The van der Waals surface area contributed by atoms with Crippen LogP contribution in [0.3, 0.4) is 0 Å². The SMILES string of the molecule is CCOCCCN1CN(Cc2ccco2)n2cc(C(=O)NCc3ccc(F)cc3F)c(=O)c(O)c2C1=O. The van der Waals surface area contributed by atoms with Crippen LogP contribution >= 0.6 is 0 Å². The van der Waals surface area contributed by atoms with Crippen LogP contribution in [0, 0.1) is 11.6 Å². The summed E-state index contributed by atoms with van der Waals surface area (Å²) in [6.07, 6.45) is 3.19. The molecule has 4 rings (SSSR count). The van der Waals surface area contributed by atoms with Gasteiger partial charge in [-0.1, -0.05) is 6.07 Å². The van der Waals surface area contributed by atoms with Gasteiger partial charge in [0.15, 0.2) is 11.4 Å². The number of pyridine rings is 1. The molecule has 3 heterocycles. The molecule has 0 saturated carbocycles. The third-order valence-corrected chi connectivity index (χ3v) is 5.83. The van der Waals surface area contributed by atoms with Crippen LogP contribution in [-0.4, -0.2) is 52.9 Å². The van der Waals surface area contributed by atoms with E-state index < -0.39 is 40.2 Å². The minimum Gasteiger partial charge on any atom is -0.502 e. The molecule has 0 bridgehead atoms. The molecule has 0 fully saturated rings. The highest BCUT2D eigenvalue weighted by Crippen LogP contribution is 2.23. The second-order valence-electron chi connectivity index (χ2n) is 8.34. The van der Waals surface area contributed by atoms with Gasteiger partial charge in [0.2, 0.25) is 5.43 Å². The number of furan rings is 1. The number of nitrogens with one attached hydrogen (secondary N) is 1. The number of carbonyl (C=O) groups excluding carboxylic acids is 2. The summed E-state index contributed by atoms with van der Waals surface area (Å²) in [5.74, 6) is -3.44. The summed E-state index contributed by atoms with van der Waals surface area (Å²) in [6, 6.07) is 6.32. The summed E-state index contributed by atoms with van der Waals surface area (Å²) in [6.45, 7) is 3.08. The molecule has 2 N–H and O–H groups in total. The molecular formula is C25H26F2N4O6. The van der Waals surface area contributed by atoms with Crippen molar-refractivity contribution in [1.82, 2.24) is 14.9 Å². The maximum Gasteiger partial charge on any atom is 0.277 e. The summed E-state index contributed by atoms with van der Waals surface area (Å²) in [5.41, 5.74) is -1.79. The molecule has 10 nitrogen and oxygen atoms in total. The van der Waals surface area contributed by atoms with Crippen molar-refractivity contribution >= 4 is 11.8 Å². The third-order valence-electron chi connectivity index (χ3n) is 5.83. The second kappa shape index (κ2) is 11.2. The molecule has 0 unspecified atom stereocenters. The Morgan fingerprint density at radius 2 is 2.05 bits per heavy atom. The number of halogens is 2. The Balaban J connectivity index is 1.64. The first-order valence-corrected chi connectivity index (χ1v) is 11.7. The van der Waals surface area contributed by atoms with Gasteiger partial charge in [0, 0.05) is 44.1 Å². The number of nitrogens with zero attached hydrogens (tertiary/aromatic N) is 3. The van der Waals surface area contributed by atoms with Gasteiger partial charge in [-0.05, 0) is 31.5 Å². The number of hydrogen-bond donors (Lipinski definition) is 2. The standard InChI is InChI=1S/C25H26F2N4O6/c1-2-36-9-4-8-29-15-30(13-18-5-3-10-37-18)31-14-19(22(32)23(33)21(31)25(29)35)24(34)28-12-16-6-7-17(26)11-20(16)27/h3,5-7,10-11,14,33H,2,4,8-9,12-13,15H2,1H3,(H,28,34). The Labute approximate surface area is 210 Å². The second-order valence-corrected chi connectivity index (χ2v) is 8.34. The van der Waals surface area contributed by atoms with Crippen molar-refractivity contribution in [1.29, 1.82) is 0 Å². The summed E-state index contributed by atoms with van der Waals surface area (Å²) >= 11 is 0. The van der Waals surface area contributed by atoms with Crippen LogP contribution in [0.25, 0.3) is 0 Å². The Kier molecular flexibility index (Phi) is 7.87. The zero-order chi connectivity index (χ0) is 26.5. The van der Waals surface area contributed by atoms with E-state index in [2.05, 4.69) is 5.32 Å². The molecule has 1 aromatic carbocycles. The first-order valence-electron chi connectivity index (χ1n) is 11.7. The number of aromatic nitrogens is 1. The van der Waals surface area contributed by atoms with E-state index in [4.69, 9.17) is 9.15 Å². The highest BCUT2D eigenvalue weighted by Gasteiger charge is 2.34. The molecule has 196 valence electrons. The Morgan fingerprint density at radius 1 is 1.24 bits per heavy atom. The lowest BCUT2D eigenvalue weighted by Gasteiger charge is -2.39. The van der Waals surface area contributed by atoms with E-state index in [1.807, 2.05) is 6.92 Å². The van der Waals surface area contributed by atoms with Crippen LogP contribution in [-0.2, 0) is 17.8 Å². The van der Waals surface area contributed by atoms with Crippen LogP contribution in [0.15, 0.2) is 52.0 Å². The number of rotatable bonds is 10. The lowest BCUT2D eigenvalue weighted by molar-refractivity contribution is 0.0650. The molecule has 1 aliphatic heterocycles. The molecule has 2 amide bonds. The van der Waals surface area contributed by atoms with Crippen molar-refractivity contribution in [3.63, 3.8) is 0 Å². The minimum atomic E-state index is -1.05. The van der Waals surface area contributed by atoms with E-state index in [1.54, 1.807) is 17.1 Å². The number of benzene rings is 1. The molecule has 2 aromatic heterocycles. The van der Waals surface area contributed by atoms with Crippen molar-refractivity contribution in [3.05, 3.63) is 87.2 Å². The molecule has 0 radical (unpaired) electrons. The van der Waals surface area contributed by atoms with Crippen molar-refractivity contribution in [2.45, 2.75) is 26.4 Å². The average Bonchev–Trinajstić information content (AvgIpc) is 3.38. The van der Waals surface area contributed by atoms with E-state index in [0.717, 1.165) is 12.3 Å². The number of ether oxygens (including phenoxy) is 1. The lowest BCUT2D eigenvalue weighted by Crippen LogP contribution is -2.54. The predicted octanol–water partition coefficient (Wildman–Crippen LogP) is 2.33.